The Bertz CT molecular complexity index is 985. The van der Waals surface area contributed by atoms with E-state index >= 15 is 0 Å². The molecule has 7 heteroatoms. The second kappa shape index (κ2) is 10.1. The summed E-state index contributed by atoms with van der Waals surface area (Å²) in [5.74, 6) is -1.00. The van der Waals surface area contributed by atoms with Crippen LogP contribution in [0.3, 0.4) is 0 Å². The number of hydrogen-bond donors (Lipinski definition) is 3. The lowest BCUT2D eigenvalue weighted by Crippen LogP contribution is -2.56. The van der Waals surface area contributed by atoms with Gasteiger partial charge in [0.1, 0.15) is 0 Å². The van der Waals surface area contributed by atoms with Crippen LogP contribution in [0.15, 0.2) is 59.8 Å². The van der Waals surface area contributed by atoms with E-state index in [-0.39, 0.29) is 17.8 Å². The predicted octanol–water partition coefficient (Wildman–Crippen LogP) is 3.63. The highest BCUT2D eigenvalue weighted by Gasteiger charge is 2.48. The zero-order valence-corrected chi connectivity index (χ0v) is 20.2. The number of benzene rings is 2. The van der Waals surface area contributed by atoms with Crippen molar-refractivity contribution in [2.24, 2.45) is 11.1 Å². The molecule has 0 aliphatic carbocycles. The van der Waals surface area contributed by atoms with Crippen molar-refractivity contribution >= 4 is 18.7 Å². The molecule has 0 radical (unpaired) electrons. The lowest BCUT2D eigenvalue weighted by Gasteiger charge is -2.29. The van der Waals surface area contributed by atoms with Gasteiger partial charge in [0.25, 0.3) is 5.91 Å². The zero-order chi connectivity index (χ0) is 24.2. The minimum atomic E-state index is -1.66. The fraction of sp³-hybridized carbons (Fsp3) is 0.462. The number of nitrogens with one attached hydrogen (secondary N) is 1. The van der Waals surface area contributed by atoms with Crippen molar-refractivity contribution in [3.63, 3.8) is 0 Å². The molecule has 2 atom stereocenters. The molecule has 1 heterocycles. The molecular weight excluding hydrogens is 415 g/mol. The first-order chi connectivity index (χ1) is 15.5. The maximum atomic E-state index is 13.5. The van der Waals surface area contributed by atoms with Crippen LogP contribution in [0.4, 0.5) is 0 Å². The molecule has 1 aliphatic rings. The van der Waals surface area contributed by atoms with Gasteiger partial charge in [-0.25, -0.2) is 0 Å². The van der Waals surface area contributed by atoms with Gasteiger partial charge in [0.05, 0.1) is 11.7 Å². The zero-order valence-electron chi connectivity index (χ0n) is 20.2. The average Bonchev–Trinajstić information content (AvgIpc) is 3.18. The van der Waals surface area contributed by atoms with Gasteiger partial charge in [0, 0.05) is 12.8 Å². The highest BCUT2D eigenvalue weighted by atomic mass is 16.7. The highest BCUT2D eigenvalue weighted by Crippen LogP contribution is 2.33. The summed E-state index contributed by atoms with van der Waals surface area (Å²) < 4.78 is 0. The van der Waals surface area contributed by atoms with Crippen LogP contribution in [-0.2, 0) is 21.5 Å². The van der Waals surface area contributed by atoms with Gasteiger partial charge >= 0.3 is 7.12 Å². The van der Waals surface area contributed by atoms with Crippen LogP contribution in [-0.4, -0.2) is 40.3 Å². The molecule has 176 valence electrons. The third-order valence-electron chi connectivity index (χ3n) is 5.99. The number of amides is 1. The van der Waals surface area contributed by atoms with Crippen LogP contribution in [0.2, 0.25) is 0 Å². The summed E-state index contributed by atoms with van der Waals surface area (Å²) in [6.07, 6.45) is 1.05. The molecule has 0 spiro atoms. The molecule has 0 saturated carbocycles. The van der Waals surface area contributed by atoms with Gasteiger partial charge in [0.15, 0.2) is 0 Å². The monoisotopic (exact) mass is 450 g/mol. The van der Waals surface area contributed by atoms with Crippen LogP contribution in [0.5, 0.6) is 0 Å². The molecular formula is C26H35BN2O4. The molecule has 0 bridgehead atoms. The summed E-state index contributed by atoms with van der Waals surface area (Å²) in [7, 11) is -1.66. The molecule has 6 nitrogen and oxygen atoms in total. The van der Waals surface area contributed by atoms with E-state index < -0.39 is 24.6 Å². The molecule has 33 heavy (non-hydrogen) atoms. The Balaban J connectivity index is 1.89. The minimum Gasteiger partial charge on any atom is -0.426 e. The van der Waals surface area contributed by atoms with Crippen molar-refractivity contribution in [3.05, 3.63) is 71.3 Å². The number of oxime groups is 1. The number of hydrogen-bond acceptors (Lipinski definition) is 5. The lowest BCUT2D eigenvalue weighted by atomic mass is 9.74. The first kappa shape index (κ1) is 25.0. The molecule has 0 aromatic heterocycles. The van der Waals surface area contributed by atoms with Crippen molar-refractivity contribution < 1.29 is 19.7 Å². The Kier molecular flexibility index (Phi) is 7.65. The largest absolute Gasteiger partial charge is 0.475 e. The smallest absolute Gasteiger partial charge is 0.426 e. The van der Waals surface area contributed by atoms with E-state index in [1.807, 2.05) is 56.3 Å². The fourth-order valence-corrected chi connectivity index (χ4v) is 4.08. The Labute approximate surface area is 197 Å². The standard InChI is InChI=1S/C26H35BN2O4/c1-18(2)14-23(27(31)32)28-24(30)26(16-19-10-7-6-8-11-19)17-22(29-33-26)20-12-9-13-21(15-20)25(3,4)5/h6-13,15,18,23,31-32H,14,16-17H2,1-5H3,(H,28,30)/t23?,26-/m0/s1. The molecule has 3 N–H and O–H groups in total. The quantitative estimate of drug-likeness (QED) is 0.536. The van der Waals surface area contributed by atoms with Crippen molar-refractivity contribution in [2.75, 3.05) is 0 Å². The topological polar surface area (TPSA) is 91.2 Å². The third kappa shape index (κ3) is 6.24. The number of carbonyl (C=O) groups excluding carboxylic acids is 1. The normalized spacial score (nSPS) is 19.1. The maximum Gasteiger partial charge on any atom is 0.475 e. The van der Waals surface area contributed by atoms with Crippen molar-refractivity contribution in [3.8, 4) is 0 Å². The first-order valence-electron chi connectivity index (χ1n) is 11.6. The van der Waals surface area contributed by atoms with Gasteiger partial charge < -0.3 is 20.2 Å². The van der Waals surface area contributed by atoms with Gasteiger partial charge in [-0.05, 0) is 40.5 Å². The molecule has 1 unspecified atom stereocenters. The van der Waals surface area contributed by atoms with E-state index in [9.17, 15) is 14.8 Å². The third-order valence-corrected chi connectivity index (χ3v) is 5.99. The summed E-state index contributed by atoms with van der Waals surface area (Å²) in [6, 6.07) is 17.8. The average molecular weight is 450 g/mol. The van der Waals surface area contributed by atoms with Gasteiger partial charge in [-0.15, -0.1) is 0 Å². The summed E-state index contributed by atoms with van der Waals surface area (Å²) in [5, 5.41) is 26.8. The van der Waals surface area contributed by atoms with Gasteiger partial charge in [0.2, 0.25) is 5.60 Å². The highest BCUT2D eigenvalue weighted by molar-refractivity contribution is 6.43. The van der Waals surface area contributed by atoms with Crippen molar-refractivity contribution in [1.82, 2.24) is 5.32 Å². The Morgan fingerprint density at radius 2 is 1.85 bits per heavy atom. The number of carbonyl (C=O) groups is 1. The molecule has 1 aliphatic heterocycles. The Hall–Kier alpha value is -2.64. The van der Waals surface area contributed by atoms with Crippen LogP contribution in [0.1, 0.15) is 64.2 Å². The Morgan fingerprint density at radius 1 is 1.15 bits per heavy atom. The summed E-state index contributed by atoms with van der Waals surface area (Å²) in [4.78, 5) is 19.4. The lowest BCUT2D eigenvalue weighted by molar-refractivity contribution is -0.144. The van der Waals surface area contributed by atoms with Crippen molar-refractivity contribution in [2.45, 2.75) is 70.8 Å². The summed E-state index contributed by atoms with van der Waals surface area (Å²) in [6.45, 7) is 10.4. The Morgan fingerprint density at radius 3 is 2.45 bits per heavy atom. The van der Waals surface area contributed by atoms with E-state index in [4.69, 9.17) is 4.84 Å². The molecule has 2 aromatic carbocycles. The second-order valence-corrected chi connectivity index (χ2v) is 10.4. The van der Waals surface area contributed by atoms with Gasteiger partial charge in [-0.1, -0.05) is 88.3 Å². The fourth-order valence-electron chi connectivity index (χ4n) is 4.08. The SMILES string of the molecule is CC(C)CC(NC(=O)[C@]1(Cc2ccccc2)CC(c2cccc(C(C)(C)C)c2)=NO1)B(O)O. The predicted molar refractivity (Wildman–Crippen MR) is 132 cm³/mol. The second-order valence-electron chi connectivity index (χ2n) is 10.4. The van der Waals surface area contributed by atoms with E-state index in [0.717, 1.165) is 11.1 Å². The van der Waals surface area contributed by atoms with Gasteiger partial charge in [-0.2, -0.15) is 0 Å². The van der Waals surface area contributed by atoms with Gasteiger partial charge in [-0.3, -0.25) is 4.79 Å². The maximum absolute atomic E-state index is 13.5. The van der Waals surface area contributed by atoms with E-state index in [1.54, 1.807) is 0 Å². The first-order valence-corrected chi connectivity index (χ1v) is 11.6. The molecule has 0 fully saturated rings. The van der Waals surface area contributed by atoms with Crippen LogP contribution < -0.4 is 5.32 Å². The van der Waals surface area contributed by atoms with Crippen LogP contribution in [0.25, 0.3) is 0 Å². The number of rotatable bonds is 8. The van der Waals surface area contributed by atoms with Crippen LogP contribution in [0, 0.1) is 5.92 Å². The molecule has 3 rings (SSSR count). The molecule has 0 saturated heterocycles. The summed E-state index contributed by atoms with van der Waals surface area (Å²) >= 11 is 0. The summed E-state index contributed by atoms with van der Waals surface area (Å²) in [5.41, 5.74) is 2.46. The van der Waals surface area contributed by atoms with E-state index in [1.165, 1.54) is 5.56 Å². The van der Waals surface area contributed by atoms with E-state index in [2.05, 4.69) is 43.4 Å². The minimum absolute atomic E-state index is 0.0180. The van der Waals surface area contributed by atoms with Crippen LogP contribution >= 0.6 is 0 Å². The van der Waals surface area contributed by atoms with Crippen molar-refractivity contribution in [1.29, 1.82) is 0 Å². The number of nitrogens with zero attached hydrogens (tertiary/aromatic N) is 1. The van der Waals surface area contributed by atoms with E-state index in [0.29, 0.717) is 18.6 Å². The molecule has 2 aromatic rings. The molecule has 1 amide bonds.